The van der Waals surface area contributed by atoms with Gasteiger partial charge in [0.2, 0.25) is 0 Å². The van der Waals surface area contributed by atoms with E-state index in [4.69, 9.17) is 11.1 Å². The highest BCUT2D eigenvalue weighted by molar-refractivity contribution is 5.78. The van der Waals surface area contributed by atoms with Crippen LogP contribution in [-0.4, -0.2) is 28.9 Å². The molecule has 1 aromatic rings. The Morgan fingerprint density at radius 2 is 2.17 bits per heavy atom. The summed E-state index contributed by atoms with van der Waals surface area (Å²) >= 11 is 0. The maximum absolute atomic E-state index is 7.39. The molecule has 1 aliphatic rings. The fraction of sp³-hybridized carbons (Fsp3) is 0.615. The monoisotopic (exact) mass is 247 g/mol. The number of hydrogen-bond acceptors (Lipinski definition) is 4. The molecule has 1 atom stereocenters. The number of amidine groups is 1. The topological polar surface area (TPSA) is 78.9 Å². The third-order valence-corrected chi connectivity index (χ3v) is 3.61. The first-order valence-electron chi connectivity index (χ1n) is 6.48. The van der Waals surface area contributed by atoms with Gasteiger partial charge in [0.1, 0.15) is 12.1 Å². The number of hydrogen-bond donors (Lipinski definition) is 2. The lowest BCUT2D eigenvalue weighted by atomic mass is 9.96. The van der Waals surface area contributed by atoms with E-state index in [1.54, 1.807) is 6.33 Å². The Hall–Kier alpha value is -1.65. The van der Waals surface area contributed by atoms with E-state index in [1.807, 2.05) is 7.05 Å². The molecule has 0 aromatic carbocycles. The first-order valence-corrected chi connectivity index (χ1v) is 6.48. The number of nitrogens with one attached hydrogen (secondary N) is 1. The van der Waals surface area contributed by atoms with Gasteiger partial charge < -0.3 is 10.6 Å². The van der Waals surface area contributed by atoms with Crippen molar-refractivity contribution in [3.8, 4) is 0 Å². The lowest BCUT2D eigenvalue weighted by Crippen LogP contribution is -2.34. The highest BCUT2D eigenvalue weighted by atomic mass is 15.2. The van der Waals surface area contributed by atoms with Crippen LogP contribution in [0.3, 0.4) is 0 Å². The minimum Gasteiger partial charge on any atom is -0.388 e. The molecule has 5 nitrogen and oxygen atoms in total. The highest BCUT2D eigenvalue weighted by Crippen LogP contribution is 2.27. The first kappa shape index (κ1) is 12.8. The first-order chi connectivity index (χ1) is 8.59. The fourth-order valence-corrected chi connectivity index (χ4v) is 2.47. The van der Waals surface area contributed by atoms with E-state index in [-0.39, 0.29) is 11.9 Å². The minimum atomic E-state index is 0.184. The minimum absolute atomic E-state index is 0.184. The van der Waals surface area contributed by atoms with Crippen LogP contribution in [0.2, 0.25) is 0 Å². The second-order valence-corrected chi connectivity index (χ2v) is 5.02. The Kier molecular flexibility index (Phi) is 3.79. The van der Waals surface area contributed by atoms with Crippen molar-refractivity contribution in [3.63, 3.8) is 0 Å². The third kappa shape index (κ3) is 2.60. The van der Waals surface area contributed by atoms with E-state index >= 15 is 0 Å². The van der Waals surface area contributed by atoms with Crippen LogP contribution in [0.1, 0.15) is 37.4 Å². The summed E-state index contributed by atoms with van der Waals surface area (Å²) in [6.45, 7) is 2.07. The summed E-state index contributed by atoms with van der Waals surface area (Å²) in [5, 5.41) is 7.39. The second-order valence-electron chi connectivity index (χ2n) is 5.02. The molecule has 5 heteroatoms. The molecule has 0 spiro atoms. The molecule has 0 saturated heterocycles. The number of rotatable bonds is 4. The van der Waals surface area contributed by atoms with Gasteiger partial charge in [0.05, 0.1) is 5.84 Å². The van der Waals surface area contributed by atoms with E-state index < -0.39 is 0 Å². The van der Waals surface area contributed by atoms with E-state index in [0.29, 0.717) is 6.42 Å². The van der Waals surface area contributed by atoms with Gasteiger partial charge >= 0.3 is 0 Å². The largest absolute Gasteiger partial charge is 0.388 e. The SMILES string of the molecule is CC(CC(=N)N)N(C)c1ncnc2c1CCCC2. The third-order valence-electron chi connectivity index (χ3n) is 3.61. The number of aromatic nitrogens is 2. The molecule has 1 aliphatic carbocycles. The zero-order valence-electron chi connectivity index (χ0n) is 11.1. The van der Waals surface area contributed by atoms with Crippen LogP contribution < -0.4 is 10.6 Å². The Balaban J connectivity index is 2.24. The number of fused-ring (bicyclic) bond motifs is 1. The molecule has 0 fully saturated rings. The lowest BCUT2D eigenvalue weighted by Gasteiger charge is -2.29. The van der Waals surface area contributed by atoms with Crippen LogP contribution >= 0.6 is 0 Å². The molecule has 98 valence electrons. The Morgan fingerprint density at radius 3 is 2.89 bits per heavy atom. The van der Waals surface area contributed by atoms with E-state index in [9.17, 15) is 0 Å². The van der Waals surface area contributed by atoms with Crippen LogP contribution in [0.5, 0.6) is 0 Å². The smallest absolute Gasteiger partial charge is 0.135 e. The Bertz CT molecular complexity index is 443. The average molecular weight is 247 g/mol. The van der Waals surface area contributed by atoms with Crippen molar-refractivity contribution in [1.82, 2.24) is 9.97 Å². The molecule has 0 aliphatic heterocycles. The van der Waals surface area contributed by atoms with Gasteiger partial charge in [-0.15, -0.1) is 0 Å². The number of nitrogens with zero attached hydrogens (tertiary/aromatic N) is 3. The van der Waals surface area contributed by atoms with Crippen LogP contribution in [0.25, 0.3) is 0 Å². The van der Waals surface area contributed by atoms with Gasteiger partial charge in [0.15, 0.2) is 0 Å². The van der Waals surface area contributed by atoms with Crippen LogP contribution in [0.15, 0.2) is 6.33 Å². The molecule has 1 unspecified atom stereocenters. The summed E-state index contributed by atoms with van der Waals surface area (Å²) in [4.78, 5) is 10.9. The summed E-state index contributed by atoms with van der Waals surface area (Å²) < 4.78 is 0. The molecule has 2 rings (SSSR count). The molecule has 1 aromatic heterocycles. The molecule has 0 bridgehead atoms. The van der Waals surface area contributed by atoms with Crippen molar-refractivity contribution in [3.05, 3.63) is 17.6 Å². The average Bonchev–Trinajstić information content (AvgIpc) is 2.36. The summed E-state index contributed by atoms with van der Waals surface area (Å²) in [6.07, 6.45) is 6.76. The van der Waals surface area contributed by atoms with Crippen LogP contribution in [-0.2, 0) is 12.8 Å². The van der Waals surface area contributed by atoms with Gasteiger partial charge in [-0.05, 0) is 32.6 Å². The van der Waals surface area contributed by atoms with Crippen molar-refractivity contribution >= 4 is 11.7 Å². The van der Waals surface area contributed by atoms with Gasteiger partial charge in [-0.1, -0.05) is 0 Å². The van der Waals surface area contributed by atoms with Gasteiger partial charge in [-0.2, -0.15) is 0 Å². The molecule has 1 heterocycles. The maximum atomic E-state index is 7.39. The van der Waals surface area contributed by atoms with Crippen molar-refractivity contribution < 1.29 is 0 Å². The van der Waals surface area contributed by atoms with E-state index in [1.165, 1.54) is 24.1 Å². The molecule has 18 heavy (non-hydrogen) atoms. The second kappa shape index (κ2) is 5.33. The summed E-state index contributed by atoms with van der Waals surface area (Å²) in [5.41, 5.74) is 7.94. The molecule has 3 N–H and O–H groups in total. The molecular weight excluding hydrogens is 226 g/mol. The number of nitrogens with two attached hydrogens (primary N) is 1. The van der Waals surface area contributed by atoms with Crippen molar-refractivity contribution in [1.29, 1.82) is 5.41 Å². The molecular formula is C13H21N5. The van der Waals surface area contributed by atoms with Crippen LogP contribution in [0.4, 0.5) is 5.82 Å². The maximum Gasteiger partial charge on any atom is 0.135 e. The Morgan fingerprint density at radius 1 is 1.44 bits per heavy atom. The fourth-order valence-electron chi connectivity index (χ4n) is 2.47. The van der Waals surface area contributed by atoms with E-state index in [0.717, 1.165) is 18.7 Å². The van der Waals surface area contributed by atoms with Gasteiger partial charge in [-0.3, -0.25) is 5.41 Å². The lowest BCUT2D eigenvalue weighted by molar-refractivity contribution is 0.642. The number of aryl methyl sites for hydroxylation is 1. The zero-order chi connectivity index (χ0) is 13.1. The van der Waals surface area contributed by atoms with Gasteiger partial charge in [0, 0.05) is 30.8 Å². The van der Waals surface area contributed by atoms with Crippen molar-refractivity contribution in [2.45, 2.75) is 45.1 Å². The predicted molar refractivity (Wildman–Crippen MR) is 73.1 cm³/mol. The van der Waals surface area contributed by atoms with Gasteiger partial charge in [0.25, 0.3) is 0 Å². The van der Waals surface area contributed by atoms with Gasteiger partial charge in [-0.25, -0.2) is 9.97 Å². The predicted octanol–water partition coefficient (Wildman–Crippen LogP) is 1.51. The highest BCUT2D eigenvalue weighted by Gasteiger charge is 2.20. The number of anilines is 1. The molecule has 0 amide bonds. The van der Waals surface area contributed by atoms with E-state index in [2.05, 4.69) is 21.8 Å². The van der Waals surface area contributed by atoms with Crippen molar-refractivity contribution in [2.75, 3.05) is 11.9 Å². The Labute approximate surface area is 108 Å². The quantitative estimate of drug-likeness (QED) is 0.624. The normalized spacial score (nSPS) is 15.9. The molecule has 0 radical (unpaired) electrons. The summed E-state index contributed by atoms with van der Waals surface area (Å²) in [7, 11) is 2.02. The van der Waals surface area contributed by atoms with Crippen LogP contribution in [0, 0.1) is 5.41 Å². The standard InChI is InChI=1S/C13H21N5/c1-9(7-12(14)15)18(2)13-10-5-3-4-6-11(10)16-8-17-13/h8-9H,3-7H2,1-2H3,(H3,14,15). The zero-order valence-corrected chi connectivity index (χ0v) is 11.1. The molecule has 0 saturated carbocycles. The van der Waals surface area contributed by atoms with Crippen molar-refractivity contribution in [2.24, 2.45) is 5.73 Å². The summed E-state index contributed by atoms with van der Waals surface area (Å²) in [6, 6.07) is 0.184. The summed E-state index contributed by atoms with van der Waals surface area (Å²) in [5.74, 6) is 1.23.